The van der Waals surface area contributed by atoms with Crippen molar-refractivity contribution in [3.8, 4) is 5.75 Å². The highest BCUT2D eigenvalue weighted by Crippen LogP contribution is 2.51. The van der Waals surface area contributed by atoms with Crippen LogP contribution in [0.25, 0.3) is 0 Å². The SMILES string of the molecule is CNC(=O)C(CCC=O)N1Cc2c(ccc3c2OCC32CCN(C(=O)CN3CC4(CC(Nc5ccccc5)C4)C3)CC2)C1=O. The van der Waals surface area contributed by atoms with Crippen LogP contribution < -0.4 is 15.4 Å². The quantitative estimate of drug-likeness (QED) is 0.427. The van der Waals surface area contributed by atoms with Crippen LogP contribution in [-0.2, 0) is 26.3 Å². The van der Waals surface area contributed by atoms with Gasteiger partial charge in [0.1, 0.15) is 18.1 Å². The van der Waals surface area contributed by atoms with Gasteiger partial charge in [-0.1, -0.05) is 24.3 Å². The fraction of sp³-hybridized carbons (Fsp3) is 0.529. The topological polar surface area (TPSA) is 111 Å². The number of ether oxygens (including phenoxy) is 1. The number of benzene rings is 2. The van der Waals surface area contributed by atoms with Gasteiger partial charge in [-0.25, -0.2) is 0 Å². The third-order valence-corrected chi connectivity index (χ3v) is 10.7. The molecule has 4 aliphatic heterocycles. The number of amides is 3. The summed E-state index contributed by atoms with van der Waals surface area (Å²) in [7, 11) is 1.54. The lowest BCUT2D eigenvalue weighted by atomic mass is 9.60. The Labute approximate surface area is 258 Å². The maximum absolute atomic E-state index is 13.3. The molecule has 2 aromatic rings. The largest absolute Gasteiger partial charge is 0.492 e. The molecule has 4 heterocycles. The van der Waals surface area contributed by atoms with Crippen LogP contribution in [0.3, 0.4) is 0 Å². The summed E-state index contributed by atoms with van der Waals surface area (Å²) in [5, 5.41) is 6.26. The van der Waals surface area contributed by atoms with Crippen LogP contribution in [0.15, 0.2) is 42.5 Å². The Kier molecular flexibility index (Phi) is 7.35. The van der Waals surface area contributed by atoms with E-state index in [0.29, 0.717) is 43.3 Å². The number of piperidine rings is 1. The van der Waals surface area contributed by atoms with Crippen molar-refractivity contribution in [2.45, 2.75) is 62.6 Å². The highest BCUT2D eigenvalue weighted by molar-refractivity contribution is 6.02. The van der Waals surface area contributed by atoms with Gasteiger partial charge in [0.25, 0.3) is 5.91 Å². The van der Waals surface area contributed by atoms with Crippen LogP contribution in [0.1, 0.15) is 60.0 Å². The summed E-state index contributed by atoms with van der Waals surface area (Å²) in [6, 6.07) is 14.1. The maximum Gasteiger partial charge on any atom is 0.255 e. The minimum atomic E-state index is -0.705. The van der Waals surface area contributed by atoms with Crippen molar-refractivity contribution < 1.29 is 23.9 Å². The molecular formula is C34H41N5O5. The predicted molar refractivity (Wildman–Crippen MR) is 164 cm³/mol. The highest BCUT2D eigenvalue weighted by atomic mass is 16.5. The fourth-order valence-electron chi connectivity index (χ4n) is 8.34. The number of hydrogen-bond acceptors (Lipinski definition) is 7. The third-order valence-electron chi connectivity index (χ3n) is 10.7. The lowest BCUT2D eigenvalue weighted by molar-refractivity contribution is -0.140. The molecule has 232 valence electrons. The van der Waals surface area contributed by atoms with Gasteiger partial charge in [0.05, 0.1) is 19.7 Å². The predicted octanol–water partition coefficient (Wildman–Crippen LogP) is 2.57. The molecule has 5 aliphatic rings. The molecule has 2 aromatic carbocycles. The van der Waals surface area contributed by atoms with Gasteiger partial charge in [-0.05, 0) is 55.7 Å². The van der Waals surface area contributed by atoms with E-state index >= 15 is 0 Å². The molecule has 1 aliphatic carbocycles. The molecule has 10 nitrogen and oxygen atoms in total. The van der Waals surface area contributed by atoms with E-state index in [4.69, 9.17) is 4.74 Å². The zero-order valence-electron chi connectivity index (χ0n) is 25.3. The molecule has 2 saturated heterocycles. The van der Waals surface area contributed by atoms with Crippen molar-refractivity contribution in [1.82, 2.24) is 20.0 Å². The van der Waals surface area contributed by atoms with Crippen LogP contribution in [-0.4, -0.2) is 97.2 Å². The Morgan fingerprint density at radius 3 is 2.55 bits per heavy atom. The average molecular weight is 600 g/mol. The molecule has 7 rings (SSSR count). The van der Waals surface area contributed by atoms with Gasteiger partial charge >= 0.3 is 0 Å². The van der Waals surface area contributed by atoms with Gasteiger partial charge < -0.3 is 30.0 Å². The van der Waals surface area contributed by atoms with Gasteiger partial charge in [0.2, 0.25) is 11.8 Å². The Morgan fingerprint density at radius 2 is 1.84 bits per heavy atom. The summed E-state index contributed by atoms with van der Waals surface area (Å²) < 4.78 is 6.30. The Morgan fingerprint density at radius 1 is 1.09 bits per heavy atom. The normalized spacial score (nSPS) is 22.1. The summed E-state index contributed by atoms with van der Waals surface area (Å²) in [4.78, 5) is 56.1. The van der Waals surface area contributed by atoms with Crippen molar-refractivity contribution in [3.63, 3.8) is 0 Å². The lowest BCUT2D eigenvalue weighted by Gasteiger charge is -2.59. The first-order valence-corrected chi connectivity index (χ1v) is 15.9. The van der Waals surface area contributed by atoms with E-state index in [1.807, 2.05) is 23.1 Å². The summed E-state index contributed by atoms with van der Waals surface area (Å²) in [5.74, 6) is 0.489. The third kappa shape index (κ3) is 4.93. The molecule has 3 amide bonds. The summed E-state index contributed by atoms with van der Waals surface area (Å²) in [6.45, 7) is 4.69. The molecular weight excluding hydrogens is 558 g/mol. The summed E-state index contributed by atoms with van der Waals surface area (Å²) in [6.07, 6.45) is 5.23. The number of anilines is 1. The molecule has 0 bridgehead atoms. The number of hydrogen-bond donors (Lipinski definition) is 2. The number of para-hydroxylation sites is 1. The smallest absolute Gasteiger partial charge is 0.255 e. The number of nitrogens with zero attached hydrogens (tertiary/aromatic N) is 3. The van der Waals surface area contributed by atoms with Gasteiger partial charge in [0, 0.05) is 73.5 Å². The van der Waals surface area contributed by atoms with E-state index in [1.165, 1.54) is 5.69 Å². The Bertz CT molecular complexity index is 1460. The van der Waals surface area contributed by atoms with Crippen LogP contribution >= 0.6 is 0 Å². The van der Waals surface area contributed by atoms with Crippen LogP contribution in [0, 0.1) is 5.41 Å². The fourth-order valence-corrected chi connectivity index (χ4v) is 8.34. The summed E-state index contributed by atoms with van der Waals surface area (Å²) in [5.41, 5.74) is 3.87. The molecule has 2 spiro atoms. The summed E-state index contributed by atoms with van der Waals surface area (Å²) >= 11 is 0. The van der Waals surface area contributed by atoms with Crippen molar-refractivity contribution in [3.05, 3.63) is 59.2 Å². The second kappa shape index (κ2) is 11.2. The standard InChI is InChI=1S/C34H41N5O5/c1-35-31(42)28(8-5-15-40)39-18-26-25(32(39)43)9-10-27-30(26)44-22-34(27)11-13-38(14-12-34)29(41)19-37-20-33(21-37)16-24(17-33)36-23-6-3-2-4-7-23/h2-4,6-7,9-10,15,24,28,36H,5,8,11-14,16-22H2,1H3,(H,35,42). The number of carbonyl (C=O) groups excluding carboxylic acids is 4. The van der Waals surface area contributed by atoms with Crippen molar-refractivity contribution in [2.75, 3.05) is 51.7 Å². The highest BCUT2D eigenvalue weighted by Gasteiger charge is 2.53. The minimum Gasteiger partial charge on any atom is -0.492 e. The number of carbonyl (C=O) groups is 4. The molecule has 0 radical (unpaired) electrons. The van der Waals surface area contributed by atoms with E-state index in [2.05, 4.69) is 39.8 Å². The van der Waals surface area contributed by atoms with Crippen LogP contribution in [0.2, 0.25) is 0 Å². The zero-order chi connectivity index (χ0) is 30.5. The Hall–Kier alpha value is -3.92. The first-order valence-electron chi connectivity index (χ1n) is 15.9. The van der Waals surface area contributed by atoms with Crippen molar-refractivity contribution >= 4 is 29.7 Å². The number of likely N-dealkylation sites (tertiary alicyclic amines) is 2. The van der Waals surface area contributed by atoms with E-state index < -0.39 is 6.04 Å². The molecule has 1 unspecified atom stereocenters. The van der Waals surface area contributed by atoms with E-state index in [-0.39, 0.29) is 42.5 Å². The van der Waals surface area contributed by atoms with Crippen LogP contribution in [0.5, 0.6) is 5.75 Å². The number of nitrogens with one attached hydrogen (secondary N) is 2. The van der Waals surface area contributed by atoms with E-state index in [1.54, 1.807) is 11.9 Å². The lowest BCUT2D eigenvalue weighted by Crippen LogP contribution is -2.66. The van der Waals surface area contributed by atoms with Gasteiger partial charge in [-0.15, -0.1) is 0 Å². The van der Waals surface area contributed by atoms with E-state index in [0.717, 1.165) is 61.9 Å². The maximum atomic E-state index is 13.3. The first kappa shape index (κ1) is 28.8. The monoisotopic (exact) mass is 599 g/mol. The molecule has 44 heavy (non-hydrogen) atoms. The van der Waals surface area contributed by atoms with Gasteiger partial charge in [0.15, 0.2) is 0 Å². The minimum absolute atomic E-state index is 0.178. The molecule has 10 heteroatoms. The van der Waals surface area contributed by atoms with Gasteiger partial charge in [-0.2, -0.15) is 0 Å². The zero-order valence-corrected chi connectivity index (χ0v) is 25.3. The number of aldehydes is 1. The molecule has 1 atom stereocenters. The number of rotatable bonds is 9. The molecule has 0 aromatic heterocycles. The number of likely N-dealkylation sites (N-methyl/N-ethyl adjacent to an activating group) is 1. The Balaban J connectivity index is 0.930. The second-order valence-corrected chi connectivity index (χ2v) is 13.5. The molecule has 2 N–H and O–H groups in total. The van der Waals surface area contributed by atoms with Gasteiger partial charge in [-0.3, -0.25) is 19.3 Å². The van der Waals surface area contributed by atoms with Crippen LogP contribution in [0.4, 0.5) is 5.69 Å². The second-order valence-electron chi connectivity index (χ2n) is 13.5. The number of fused-ring (bicyclic) bond motifs is 4. The van der Waals surface area contributed by atoms with E-state index in [9.17, 15) is 19.2 Å². The first-order chi connectivity index (χ1) is 21.3. The molecule has 1 saturated carbocycles. The molecule has 3 fully saturated rings. The average Bonchev–Trinajstić information content (AvgIpc) is 3.53. The van der Waals surface area contributed by atoms with Crippen molar-refractivity contribution in [2.24, 2.45) is 5.41 Å². The van der Waals surface area contributed by atoms with Crippen molar-refractivity contribution in [1.29, 1.82) is 0 Å².